The van der Waals surface area contributed by atoms with E-state index in [0.29, 0.717) is 51.6 Å². The van der Waals surface area contributed by atoms with Crippen LogP contribution in [0.15, 0.2) is 91.0 Å². The van der Waals surface area contributed by atoms with Gasteiger partial charge in [-0.05, 0) is 0 Å². The van der Waals surface area contributed by atoms with Crippen molar-refractivity contribution >= 4 is 21.0 Å². The summed E-state index contributed by atoms with van der Waals surface area (Å²) in [5, 5.41) is 1.17. The molecule has 5 heteroatoms. The molecule has 0 N–H and O–H groups in total. The molecule has 2 saturated heterocycles. The summed E-state index contributed by atoms with van der Waals surface area (Å²) in [7, 11) is 0. The summed E-state index contributed by atoms with van der Waals surface area (Å²) >= 11 is 0.573. The van der Waals surface area contributed by atoms with Gasteiger partial charge in [-0.2, -0.15) is 0 Å². The molecular formula is C31H36N2O2Se. The second-order valence-corrected chi connectivity index (χ2v) is 12.5. The number of hydrogen-bond donors (Lipinski definition) is 0. The maximum absolute atomic E-state index is 13.7. The average molecular weight is 548 g/mol. The van der Waals surface area contributed by atoms with Gasteiger partial charge in [-0.3, -0.25) is 0 Å². The zero-order valence-electron chi connectivity index (χ0n) is 20.9. The summed E-state index contributed by atoms with van der Waals surface area (Å²) in [4.78, 5) is 18.7. The number of carbonyl (C=O) groups is 1. The number of carbonyl (C=O) groups excluding carboxylic acids is 1. The van der Waals surface area contributed by atoms with Crippen LogP contribution in [0, 0.1) is 0 Å². The summed E-state index contributed by atoms with van der Waals surface area (Å²) < 4.78 is 5.87. The standard InChI is InChI=1S/C31H36N2O2Se/c34-31-32(21-25-13-5-1-6-14-25)28-24-36-29(30(28)33(31)22-26-15-7-2-8-16-26)19-11-4-12-20-35-23-27-17-9-3-10-18-27/h1-3,5-10,13-18,28-30H,4,11-12,19-24H2/t28-,29-,30-/m0/s1. The number of benzene rings is 3. The number of hydrogen-bond acceptors (Lipinski definition) is 2. The SMILES string of the molecule is O=C1N(Cc2ccccc2)[C@@H]2[C@H](CCCCCOCc3ccccc3)[Se]C[C@@H]2N1Cc1ccccc1. The summed E-state index contributed by atoms with van der Waals surface area (Å²) in [6.45, 7) is 2.95. The number of unbranched alkanes of at least 4 members (excludes halogenated alkanes) is 2. The van der Waals surface area contributed by atoms with Gasteiger partial charge >= 0.3 is 222 Å². The van der Waals surface area contributed by atoms with Crippen LogP contribution in [0.1, 0.15) is 42.4 Å². The zero-order chi connectivity index (χ0) is 24.6. The molecule has 3 aromatic carbocycles. The van der Waals surface area contributed by atoms with Crippen LogP contribution in [0.2, 0.25) is 10.1 Å². The first-order valence-electron chi connectivity index (χ1n) is 13.2. The second kappa shape index (κ2) is 12.6. The van der Waals surface area contributed by atoms with E-state index < -0.39 is 0 Å². The molecule has 0 unspecified atom stereocenters. The first-order valence-corrected chi connectivity index (χ1v) is 15.4. The molecule has 0 bridgehead atoms. The minimum atomic E-state index is 0.215. The van der Waals surface area contributed by atoms with E-state index in [1.165, 1.54) is 41.3 Å². The maximum atomic E-state index is 13.7. The molecule has 0 aliphatic carbocycles. The summed E-state index contributed by atoms with van der Waals surface area (Å²) in [6, 6.07) is 32.2. The van der Waals surface area contributed by atoms with Gasteiger partial charge in [0.1, 0.15) is 0 Å². The number of fused-ring (bicyclic) bond motifs is 1. The normalized spacial score (nSPS) is 21.2. The van der Waals surface area contributed by atoms with Crippen LogP contribution in [-0.4, -0.2) is 49.5 Å². The Morgan fingerprint density at radius 1 is 0.722 bits per heavy atom. The van der Waals surface area contributed by atoms with E-state index in [2.05, 4.69) is 82.6 Å². The van der Waals surface area contributed by atoms with Gasteiger partial charge in [-0.1, -0.05) is 0 Å². The van der Waals surface area contributed by atoms with Gasteiger partial charge in [0.2, 0.25) is 0 Å². The van der Waals surface area contributed by atoms with E-state index in [0.717, 1.165) is 13.0 Å². The molecule has 2 amide bonds. The molecule has 0 saturated carbocycles. The van der Waals surface area contributed by atoms with E-state index in [-0.39, 0.29) is 6.03 Å². The first-order chi connectivity index (χ1) is 17.8. The Hall–Kier alpha value is -2.59. The molecule has 0 aromatic heterocycles. The van der Waals surface area contributed by atoms with Crippen molar-refractivity contribution in [3.05, 3.63) is 108 Å². The van der Waals surface area contributed by atoms with Gasteiger partial charge in [0.15, 0.2) is 0 Å². The number of amides is 2. The molecule has 0 radical (unpaired) electrons. The van der Waals surface area contributed by atoms with Gasteiger partial charge in [0.05, 0.1) is 0 Å². The first kappa shape index (κ1) is 25.1. The van der Waals surface area contributed by atoms with Crippen molar-refractivity contribution in [2.75, 3.05) is 6.61 Å². The van der Waals surface area contributed by atoms with Crippen LogP contribution in [0.5, 0.6) is 0 Å². The van der Waals surface area contributed by atoms with E-state index in [4.69, 9.17) is 4.74 Å². The van der Waals surface area contributed by atoms with Crippen LogP contribution < -0.4 is 0 Å². The molecule has 3 aromatic rings. The molecule has 2 aliphatic rings. The molecule has 188 valence electrons. The third-order valence-electron chi connectivity index (χ3n) is 7.29. The van der Waals surface area contributed by atoms with Gasteiger partial charge < -0.3 is 0 Å². The Labute approximate surface area is 221 Å². The van der Waals surface area contributed by atoms with Crippen molar-refractivity contribution in [1.29, 1.82) is 0 Å². The van der Waals surface area contributed by atoms with Gasteiger partial charge in [-0.15, -0.1) is 0 Å². The van der Waals surface area contributed by atoms with Gasteiger partial charge in [-0.25, -0.2) is 0 Å². The van der Waals surface area contributed by atoms with Crippen molar-refractivity contribution in [3.63, 3.8) is 0 Å². The summed E-state index contributed by atoms with van der Waals surface area (Å²) in [6.07, 6.45) is 4.74. The molecule has 3 atom stereocenters. The monoisotopic (exact) mass is 548 g/mol. The number of rotatable bonds is 12. The van der Waals surface area contributed by atoms with Crippen molar-refractivity contribution in [1.82, 2.24) is 9.80 Å². The van der Waals surface area contributed by atoms with Gasteiger partial charge in [0.25, 0.3) is 0 Å². The summed E-state index contributed by atoms with van der Waals surface area (Å²) in [5.41, 5.74) is 3.68. The molecule has 0 spiro atoms. The summed E-state index contributed by atoms with van der Waals surface area (Å²) in [5.74, 6) is 0. The quantitative estimate of drug-likeness (QED) is 0.190. The van der Waals surface area contributed by atoms with Crippen LogP contribution in [0.25, 0.3) is 0 Å². The fourth-order valence-electron chi connectivity index (χ4n) is 5.45. The van der Waals surface area contributed by atoms with Crippen molar-refractivity contribution in [3.8, 4) is 0 Å². The van der Waals surface area contributed by atoms with Gasteiger partial charge in [0, 0.05) is 0 Å². The third-order valence-corrected chi connectivity index (χ3v) is 10.4. The second-order valence-electron chi connectivity index (χ2n) is 9.83. The van der Waals surface area contributed by atoms with E-state index in [9.17, 15) is 4.79 Å². The van der Waals surface area contributed by atoms with Crippen molar-refractivity contribution < 1.29 is 9.53 Å². The van der Waals surface area contributed by atoms with E-state index in [1.54, 1.807) is 0 Å². The Balaban J connectivity index is 1.16. The number of ether oxygens (including phenoxy) is 1. The molecular weight excluding hydrogens is 511 g/mol. The fourth-order valence-corrected chi connectivity index (χ4v) is 8.97. The van der Waals surface area contributed by atoms with Crippen LogP contribution in [0.4, 0.5) is 4.79 Å². The average Bonchev–Trinajstić information content (AvgIpc) is 3.44. The molecule has 5 rings (SSSR count). The molecule has 36 heavy (non-hydrogen) atoms. The van der Waals surface area contributed by atoms with Crippen molar-refractivity contribution in [2.45, 2.75) is 67.6 Å². The Kier molecular flexibility index (Phi) is 8.76. The zero-order valence-corrected chi connectivity index (χ0v) is 22.6. The predicted molar refractivity (Wildman–Crippen MR) is 146 cm³/mol. The van der Waals surface area contributed by atoms with E-state index in [1.807, 2.05) is 18.2 Å². The number of nitrogens with zero attached hydrogens (tertiary/aromatic N) is 2. The van der Waals surface area contributed by atoms with E-state index >= 15 is 0 Å². The Morgan fingerprint density at radius 2 is 1.31 bits per heavy atom. The topological polar surface area (TPSA) is 32.8 Å². The Morgan fingerprint density at radius 3 is 1.94 bits per heavy atom. The Bertz CT molecular complexity index is 1080. The third kappa shape index (κ3) is 6.21. The van der Waals surface area contributed by atoms with Crippen molar-refractivity contribution in [2.24, 2.45) is 0 Å². The van der Waals surface area contributed by atoms with Crippen LogP contribution >= 0.6 is 0 Å². The molecule has 2 aliphatic heterocycles. The molecule has 4 nitrogen and oxygen atoms in total. The minimum absolute atomic E-state index is 0.215. The molecule has 2 fully saturated rings. The fraction of sp³-hybridized carbons (Fsp3) is 0.387. The molecule has 2 heterocycles. The van der Waals surface area contributed by atoms with Crippen LogP contribution in [0.3, 0.4) is 0 Å². The predicted octanol–water partition coefficient (Wildman–Crippen LogP) is 6.56. The van der Waals surface area contributed by atoms with Crippen LogP contribution in [-0.2, 0) is 24.4 Å². The number of urea groups is 1.